The van der Waals surface area contributed by atoms with Crippen LogP contribution in [0.2, 0.25) is 0 Å². The average Bonchev–Trinajstić information content (AvgIpc) is 3.45. The Bertz CT molecular complexity index is 1270. The topological polar surface area (TPSA) is 108 Å². The Balaban J connectivity index is 1.42. The fourth-order valence-corrected chi connectivity index (χ4v) is 4.05. The van der Waals surface area contributed by atoms with Gasteiger partial charge in [0.05, 0.1) is 39.8 Å². The number of carbonyl (C=O) groups excluding carboxylic acids is 1. The molecule has 9 nitrogen and oxygen atoms in total. The Hall–Kier alpha value is -3.38. The van der Waals surface area contributed by atoms with Crippen LogP contribution < -0.4 is 5.32 Å². The molecular formula is C19H14BrFN6O3S. The number of hydrogen-bond donors (Lipinski definition) is 1. The standard InChI is InChI=1S/C19H14BrFN6O3S/c20-14-10-26(9-13-3-1-2-4-15(13)21)24-18(14)22-19(28)16-7-12(11-31-16)8-25-6-5-17(23-25)27(29)30/h1-7,10-11H,8-9H2,(H,22,24,28). The maximum atomic E-state index is 13.9. The molecule has 0 fully saturated rings. The summed E-state index contributed by atoms with van der Waals surface area (Å²) < 4.78 is 17.4. The first kappa shape index (κ1) is 20.9. The van der Waals surface area contributed by atoms with Crippen LogP contribution in [0.4, 0.5) is 16.0 Å². The van der Waals surface area contributed by atoms with Crippen molar-refractivity contribution in [3.05, 3.63) is 90.6 Å². The third-order valence-electron chi connectivity index (χ3n) is 4.27. The van der Waals surface area contributed by atoms with E-state index in [0.29, 0.717) is 27.3 Å². The number of hydrogen-bond acceptors (Lipinski definition) is 6. The number of nitrogens with one attached hydrogen (secondary N) is 1. The molecule has 3 aromatic heterocycles. The predicted molar refractivity (Wildman–Crippen MR) is 116 cm³/mol. The van der Waals surface area contributed by atoms with Gasteiger partial charge in [-0.1, -0.05) is 18.2 Å². The Morgan fingerprint density at radius 3 is 2.77 bits per heavy atom. The Morgan fingerprint density at radius 1 is 1.23 bits per heavy atom. The molecule has 0 spiro atoms. The monoisotopic (exact) mass is 504 g/mol. The predicted octanol–water partition coefficient (Wildman–Crippen LogP) is 4.30. The lowest BCUT2D eigenvalue weighted by Crippen LogP contribution is -2.12. The van der Waals surface area contributed by atoms with Crippen molar-refractivity contribution < 1.29 is 14.1 Å². The molecule has 31 heavy (non-hydrogen) atoms. The van der Waals surface area contributed by atoms with E-state index in [-0.39, 0.29) is 24.1 Å². The van der Waals surface area contributed by atoms with Crippen LogP contribution >= 0.6 is 27.3 Å². The minimum Gasteiger partial charge on any atom is -0.358 e. The normalized spacial score (nSPS) is 10.9. The van der Waals surface area contributed by atoms with E-state index in [1.807, 2.05) is 0 Å². The second-order valence-corrected chi connectivity index (χ2v) is 8.28. The molecule has 0 atom stereocenters. The minimum atomic E-state index is -0.563. The fraction of sp³-hybridized carbons (Fsp3) is 0.105. The molecule has 4 rings (SSSR count). The molecule has 12 heteroatoms. The van der Waals surface area contributed by atoms with Crippen LogP contribution in [-0.2, 0) is 13.1 Å². The maximum absolute atomic E-state index is 13.9. The molecule has 0 aliphatic rings. The summed E-state index contributed by atoms with van der Waals surface area (Å²) in [6.07, 6.45) is 3.17. The van der Waals surface area contributed by atoms with E-state index in [2.05, 4.69) is 31.4 Å². The highest BCUT2D eigenvalue weighted by Crippen LogP contribution is 2.24. The first-order chi connectivity index (χ1) is 14.9. The zero-order valence-corrected chi connectivity index (χ0v) is 18.1. The molecule has 1 N–H and O–H groups in total. The van der Waals surface area contributed by atoms with E-state index < -0.39 is 4.92 Å². The average molecular weight is 505 g/mol. The van der Waals surface area contributed by atoms with Crippen molar-refractivity contribution >= 4 is 44.8 Å². The lowest BCUT2D eigenvalue weighted by atomic mass is 10.2. The highest BCUT2D eigenvalue weighted by atomic mass is 79.9. The second kappa shape index (κ2) is 8.78. The van der Waals surface area contributed by atoms with Gasteiger partial charge in [0, 0.05) is 11.8 Å². The summed E-state index contributed by atoms with van der Waals surface area (Å²) >= 11 is 4.60. The van der Waals surface area contributed by atoms with Crippen LogP contribution in [0, 0.1) is 15.9 Å². The van der Waals surface area contributed by atoms with Gasteiger partial charge >= 0.3 is 5.82 Å². The number of aromatic nitrogens is 4. The van der Waals surface area contributed by atoms with Gasteiger partial charge in [0.2, 0.25) is 0 Å². The molecule has 158 valence electrons. The summed E-state index contributed by atoms with van der Waals surface area (Å²) in [5.41, 5.74) is 1.27. The molecule has 0 aliphatic heterocycles. The van der Waals surface area contributed by atoms with Gasteiger partial charge in [0.15, 0.2) is 5.82 Å². The lowest BCUT2D eigenvalue weighted by Gasteiger charge is -2.03. The number of amides is 1. The SMILES string of the molecule is O=C(Nc1nn(Cc2ccccc2F)cc1Br)c1cc(Cn2ccc([N+](=O)[O-])n2)cs1. The quantitative estimate of drug-likeness (QED) is 0.298. The third kappa shape index (κ3) is 4.86. The first-order valence-electron chi connectivity index (χ1n) is 8.92. The summed E-state index contributed by atoms with van der Waals surface area (Å²) in [5, 5.41) is 23.4. The van der Waals surface area contributed by atoms with Crippen molar-refractivity contribution in [3.63, 3.8) is 0 Å². The van der Waals surface area contributed by atoms with Gasteiger partial charge in [0.25, 0.3) is 5.91 Å². The van der Waals surface area contributed by atoms with E-state index in [1.165, 1.54) is 39.0 Å². The third-order valence-corrected chi connectivity index (χ3v) is 5.83. The largest absolute Gasteiger partial charge is 0.389 e. The Kier molecular flexibility index (Phi) is 5.91. The first-order valence-corrected chi connectivity index (χ1v) is 10.6. The summed E-state index contributed by atoms with van der Waals surface area (Å²) in [5.74, 6) is -0.587. The van der Waals surface area contributed by atoms with E-state index in [4.69, 9.17) is 0 Å². The number of thiophene rings is 1. The van der Waals surface area contributed by atoms with Crippen molar-refractivity contribution in [2.24, 2.45) is 0 Å². The van der Waals surface area contributed by atoms with Crippen molar-refractivity contribution in [1.29, 1.82) is 0 Å². The van der Waals surface area contributed by atoms with E-state index in [1.54, 1.807) is 35.8 Å². The molecule has 4 aromatic rings. The molecule has 1 amide bonds. The molecule has 0 bridgehead atoms. The van der Waals surface area contributed by atoms with E-state index in [9.17, 15) is 19.3 Å². The van der Waals surface area contributed by atoms with Gasteiger partial charge in [-0.3, -0.25) is 9.48 Å². The smallest absolute Gasteiger partial charge is 0.358 e. The number of benzene rings is 1. The highest BCUT2D eigenvalue weighted by Gasteiger charge is 2.16. The van der Waals surface area contributed by atoms with Crippen LogP contribution in [0.3, 0.4) is 0 Å². The fourth-order valence-electron chi connectivity index (χ4n) is 2.83. The number of anilines is 1. The van der Waals surface area contributed by atoms with Gasteiger partial charge in [0.1, 0.15) is 5.82 Å². The molecule has 0 aliphatic carbocycles. The van der Waals surface area contributed by atoms with Gasteiger partial charge < -0.3 is 15.4 Å². The zero-order chi connectivity index (χ0) is 22.0. The van der Waals surface area contributed by atoms with Crippen LogP contribution in [0.25, 0.3) is 0 Å². The van der Waals surface area contributed by atoms with Crippen molar-refractivity contribution in [2.45, 2.75) is 13.1 Å². The Morgan fingerprint density at radius 2 is 2.03 bits per heavy atom. The number of rotatable bonds is 7. The molecule has 1 aromatic carbocycles. The number of nitrogens with zero attached hydrogens (tertiary/aromatic N) is 5. The lowest BCUT2D eigenvalue weighted by molar-refractivity contribution is -0.389. The second-order valence-electron chi connectivity index (χ2n) is 6.52. The molecule has 3 heterocycles. The molecule has 0 radical (unpaired) electrons. The zero-order valence-electron chi connectivity index (χ0n) is 15.7. The maximum Gasteiger partial charge on any atom is 0.389 e. The van der Waals surface area contributed by atoms with Gasteiger partial charge in [-0.15, -0.1) is 11.3 Å². The van der Waals surface area contributed by atoms with Crippen LogP contribution in [0.1, 0.15) is 20.8 Å². The van der Waals surface area contributed by atoms with Crippen LogP contribution in [0.5, 0.6) is 0 Å². The molecule has 0 saturated heterocycles. The summed E-state index contributed by atoms with van der Waals surface area (Å²) in [7, 11) is 0. The summed E-state index contributed by atoms with van der Waals surface area (Å²) in [6, 6.07) is 9.42. The van der Waals surface area contributed by atoms with Crippen molar-refractivity contribution in [1.82, 2.24) is 19.6 Å². The molecule has 0 saturated carbocycles. The minimum absolute atomic E-state index is 0.223. The molecular weight excluding hydrogens is 491 g/mol. The van der Waals surface area contributed by atoms with Gasteiger partial charge in [-0.05, 0) is 43.9 Å². The van der Waals surface area contributed by atoms with E-state index in [0.717, 1.165) is 5.56 Å². The van der Waals surface area contributed by atoms with E-state index >= 15 is 0 Å². The van der Waals surface area contributed by atoms with Crippen molar-refractivity contribution in [3.8, 4) is 0 Å². The van der Waals surface area contributed by atoms with Gasteiger partial charge in [-0.25, -0.2) is 4.39 Å². The van der Waals surface area contributed by atoms with Gasteiger partial charge in [-0.2, -0.15) is 9.78 Å². The van der Waals surface area contributed by atoms with Crippen LogP contribution in [0.15, 0.2) is 58.6 Å². The van der Waals surface area contributed by atoms with Crippen molar-refractivity contribution in [2.75, 3.05) is 5.32 Å². The van der Waals surface area contributed by atoms with Crippen LogP contribution in [-0.4, -0.2) is 30.4 Å². The number of halogens is 2. The summed E-state index contributed by atoms with van der Waals surface area (Å²) in [6.45, 7) is 0.527. The molecule has 0 unspecified atom stereocenters. The highest BCUT2D eigenvalue weighted by molar-refractivity contribution is 9.10. The Labute approximate surface area is 187 Å². The number of carbonyl (C=O) groups is 1. The number of nitro groups is 1. The summed E-state index contributed by atoms with van der Waals surface area (Å²) in [4.78, 5) is 23.2.